The van der Waals surface area contributed by atoms with Crippen molar-refractivity contribution in [1.29, 1.82) is 0 Å². The lowest BCUT2D eigenvalue weighted by Crippen LogP contribution is -2.50. The van der Waals surface area contributed by atoms with E-state index in [1.807, 2.05) is 12.1 Å². The molecule has 0 bridgehead atoms. The molecule has 0 spiro atoms. The highest BCUT2D eigenvalue weighted by atomic mass is 16.5. The molecule has 0 amide bonds. The molecule has 0 aliphatic carbocycles. The van der Waals surface area contributed by atoms with E-state index in [9.17, 15) is 0 Å². The standard InChI is InChI=1S/C15H25N3O/c1-4-13-11-18(8-7-17(13)2)10-12-5-6-15(19-3)14(16)9-12/h5-6,9,13H,4,7-8,10-11,16H2,1-3H3. The molecule has 0 aromatic heterocycles. The first-order valence-electron chi connectivity index (χ1n) is 6.99. The van der Waals surface area contributed by atoms with Crippen LogP contribution in [0.1, 0.15) is 18.9 Å². The van der Waals surface area contributed by atoms with Gasteiger partial charge in [0.25, 0.3) is 0 Å². The fourth-order valence-electron chi connectivity index (χ4n) is 2.74. The van der Waals surface area contributed by atoms with Gasteiger partial charge >= 0.3 is 0 Å². The molecule has 1 aliphatic heterocycles. The first kappa shape index (κ1) is 14.2. The smallest absolute Gasteiger partial charge is 0.141 e. The fraction of sp³-hybridized carbons (Fsp3) is 0.600. The van der Waals surface area contributed by atoms with E-state index in [4.69, 9.17) is 10.5 Å². The van der Waals surface area contributed by atoms with Crippen molar-refractivity contribution in [3.05, 3.63) is 23.8 Å². The quantitative estimate of drug-likeness (QED) is 0.841. The predicted molar refractivity (Wildman–Crippen MR) is 79.4 cm³/mol. The number of likely N-dealkylation sites (N-methyl/N-ethyl adjacent to an activating group) is 1. The van der Waals surface area contributed by atoms with Crippen LogP contribution in [0.25, 0.3) is 0 Å². The van der Waals surface area contributed by atoms with Gasteiger partial charge in [-0.3, -0.25) is 4.90 Å². The zero-order valence-electron chi connectivity index (χ0n) is 12.2. The minimum Gasteiger partial charge on any atom is -0.495 e. The molecule has 4 nitrogen and oxygen atoms in total. The molecule has 1 atom stereocenters. The second-order valence-corrected chi connectivity index (χ2v) is 5.35. The average Bonchev–Trinajstić information content (AvgIpc) is 2.41. The van der Waals surface area contributed by atoms with Gasteiger partial charge in [-0.1, -0.05) is 13.0 Å². The van der Waals surface area contributed by atoms with Crippen molar-refractivity contribution in [2.75, 3.05) is 39.5 Å². The van der Waals surface area contributed by atoms with Crippen molar-refractivity contribution in [2.24, 2.45) is 0 Å². The Morgan fingerprint density at radius 3 is 2.79 bits per heavy atom. The van der Waals surface area contributed by atoms with Crippen molar-refractivity contribution >= 4 is 5.69 Å². The van der Waals surface area contributed by atoms with Gasteiger partial charge in [-0.2, -0.15) is 0 Å². The minimum absolute atomic E-state index is 0.671. The van der Waals surface area contributed by atoms with Crippen LogP contribution in [0.5, 0.6) is 5.75 Å². The Balaban J connectivity index is 1.99. The highest BCUT2D eigenvalue weighted by molar-refractivity contribution is 5.54. The monoisotopic (exact) mass is 263 g/mol. The van der Waals surface area contributed by atoms with Gasteiger partial charge in [0.2, 0.25) is 0 Å². The van der Waals surface area contributed by atoms with Crippen LogP contribution in [0.15, 0.2) is 18.2 Å². The van der Waals surface area contributed by atoms with Gasteiger partial charge in [0.15, 0.2) is 0 Å². The number of piperazine rings is 1. The Bertz CT molecular complexity index is 422. The second kappa shape index (κ2) is 6.26. The van der Waals surface area contributed by atoms with Gasteiger partial charge in [0.05, 0.1) is 12.8 Å². The van der Waals surface area contributed by atoms with Crippen molar-refractivity contribution < 1.29 is 4.74 Å². The molecule has 0 radical (unpaired) electrons. The summed E-state index contributed by atoms with van der Waals surface area (Å²) in [6.45, 7) is 6.64. The van der Waals surface area contributed by atoms with E-state index in [1.54, 1.807) is 7.11 Å². The number of methoxy groups -OCH3 is 1. The van der Waals surface area contributed by atoms with Gasteiger partial charge < -0.3 is 15.4 Å². The summed E-state index contributed by atoms with van der Waals surface area (Å²) in [6, 6.07) is 6.76. The summed E-state index contributed by atoms with van der Waals surface area (Å²) < 4.78 is 5.19. The van der Waals surface area contributed by atoms with Crippen molar-refractivity contribution in [3.8, 4) is 5.75 Å². The number of nitrogen functional groups attached to an aromatic ring is 1. The molecule has 0 saturated carbocycles. The maximum absolute atomic E-state index is 5.96. The molecule has 1 fully saturated rings. The van der Waals surface area contributed by atoms with E-state index in [0.717, 1.165) is 37.6 Å². The van der Waals surface area contributed by atoms with Crippen LogP contribution in [-0.4, -0.2) is 49.6 Å². The molecule has 2 N–H and O–H groups in total. The number of ether oxygens (including phenoxy) is 1. The zero-order chi connectivity index (χ0) is 13.8. The van der Waals surface area contributed by atoms with Crippen LogP contribution in [0.2, 0.25) is 0 Å². The van der Waals surface area contributed by atoms with Crippen LogP contribution in [-0.2, 0) is 6.54 Å². The third kappa shape index (κ3) is 3.39. The molecular formula is C15H25N3O. The van der Waals surface area contributed by atoms with Gasteiger partial charge in [0, 0.05) is 32.2 Å². The Morgan fingerprint density at radius 2 is 2.16 bits per heavy atom. The van der Waals surface area contributed by atoms with Gasteiger partial charge in [-0.15, -0.1) is 0 Å². The van der Waals surface area contributed by atoms with E-state index in [0.29, 0.717) is 6.04 Å². The van der Waals surface area contributed by atoms with E-state index in [-0.39, 0.29) is 0 Å². The van der Waals surface area contributed by atoms with Crippen LogP contribution in [0.4, 0.5) is 5.69 Å². The first-order valence-corrected chi connectivity index (χ1v) is 6.99. The maximum atomic E-state index is 5.96. The van der Waals surface area contributed by atoms with E-state index < -0.39 is 0 Å². The molecule has 19 heavy (non-hydrogen) atoms. The lowest BCUT2D eigenvalue weighted by molar-refractivity contribution is 0.0884. The summed E-state index contributed by atoms with van der Waals surface area (Å²) in [7, 11) is 3.87. The fourth-order valence-corrected chi connectivity index (χ4v) is 2.74. The highest BCUT2D eigenvalue weighted by Crippen LogP contribution is 2.23. The van der Waals surface area contributed by atoms with Crippen LogP contribution in [0, 0.1) is 0 Å². The lowest BCUT2D eigenvalue weighted by atomic mass is 10.1. The SMILES string of the molecule is CCC1CN(Cc2ccc(OC)c(N)c2)CCN1C. The first-order chi connectivity index (χ1) is 9.13. The topological polar surface area (TPSA) is 41.7 Å². The third-order valence-corrected chi connectivity index (χ3v) is 4.03. The molecule has 1 unspecified atom stereocenters. The number of benzene rings is 1. The molecule has 1 aromatic rings. The van der Waals surface area contributed by atoms with Gasteiger partial charge in [-0.25, -0.2) is 0 Å². The van der Waals surface area contributed by atoms with Gasteiger partial charge in [-0.05, 0) is 31.2 Å². The average molecular weight is 263 g/mol. The number of hydrogen-bond donors (Lipinski definition) is 1. The second-order valence-electron chi connectivity index (χ2n) is 5.35. The van der Waals surface area contributed by atoms with Crippen LogP contribution >= 0.6 is 0 Å². The predicted octanol–water partition coefficient (Wildman–Crippen LogP) is 1.80. The Kier molecular flexibility index (Phi) is 4.66. The number of nitrogens with zero attached hydrogens (tertiary/aromatic N) is 2. The summed E-state index contributed by atoms with van der Waals surface area (Å²) >= 11 is 0. The molecule has 4 heteroatoms. The highest BCUT2D eigenvalue weighted by Gasteiger charge is 2.22. The van der Waals surface area contributed by atoms with E-state index >= 15 is 0 Å². The Morgan fingerprint density at radius 1 is 1.37 bits per heavy atom. The Labute approximate surface area is 116 Å². The van der Waals surface area contributed by atoms with Crippen LogP contribution < -0.4 is 10.5 Å². The maximum Gasteiger partial charge on any atom is 0.141 e. The summed E-state index contributed by atoms with van der Waals surface area (Å²) in [4.78, 5) is 4.97. The molecule has 1 heterocycles. The summed E-state index contributed by atoms with van der Waals surface area (Å²) in [5, 5.41) is 0. The van der Waals surface area contributed by atoms with E-state index in [1.165, 1.54) is 12.0 Å². The lowest BCUT2D eigenvalue weighted by Gasteiger charge is -2.39. The summed E-state index contributed by atoms with van der Waals surface area (Å²) in [5.41, 5.74) is 7.95. The number of nitrogens with two attached hydrogens (primary N) is 1. The third-order valence-electron chi connectivity index (χ3n) is 4.03. The molecule has 1 saturated heterocycles. The number of rotatable bonds is 4. The molecule has 1 aliphatic rings. The molecule has 2 rings (SSSR count). The Hall–Kier alpha value is -1.26. The molecular weight excluding hydrogens is 238 g/mol. The summed E-state index contributed by atoms with van der Waals surface area (Å²) in [5.74, 6) is 0.758. The van der Waals surface area contributed by atoms with Crippen molar-refractivity contribution in [3.63, 3.8) is 0 Å². The molecule has 106 valence electrons. The number of anilines is 1. The largest absolute Gasteiger partial charge is 0.495 e. The minimum atomic E-state index is 0.671. The van der Waals surface area contributed by atoms with E-state index in [2.05, 4.69) is 29.8 Å². The van der Waals surface area contributed by atoms with Crippen molar-refractivity contribution in [1.82, 2.24) is 9.80 Å². The van der Waals surface area contributed by atoms with Crippen molar-refractivity contribution in [2.45, 2.75) is 25.9 Å². The van der Waals surface area contributed by atoms with Gasteiger partial charge in [0.1, 0.15) is 5.75 Å². The normalized spacial score (nSPS) is 21.5. The molecule has 1 aromatic carbocycles. The summed E-state index contributed by atoms with van der Waals surface area (Å²) in [6.07, 6.45) is 1.21. The zero-order valence-corrected chi connectivity index (χ0v) is 12.2. The number of hydrogen-bond acceptors (Lipinski definition) is 4. The van der Waals surface area contributed by atoms with Crippen LogP contribution in [0.3, 0.4) is 0 Å².